The average molecular weight is 638 g/mol. The summed E-state index contributed by atoms with van der Waals surface area (Å²) in [5.41, 5.74) is 13.8. The SMILES string of the molecule is c1ccc(-n2c3ccc(B4c5ccccc5-c5nc6ccccc6cc54)cc3c3ccc(N4c5ccccc5Oc5ccccc54)cc32)cc1. The van der Waals surface area contributed by atoms with Gasteiger partial charge >= 0.3 is 0 Å². The largest absolute Gasteiger partial charge is 0.453 e. The molecule has 4 heterocycles. The van der Waals surface area contributed by atoms with Gasteiger partial charge in [-0.3, -0.25) is 0 Å². The van der Waals surface area contributed by atoms with E-state index in [1.807, 2.05) is 24.3 Å². The van der Waals surface area contributed by atoms with Crippen LogP contribution in [0.15, 0.2) is 170 Å². The first-order chi connectivity index (χ1) is 24.8. The van der Waals surface area contributed by atoms with E-state index >= 15 is 0 Å². The molecule has 4 nitrogen and oxygen atoms in total. The van der Waals surface area contributed by atoms with Gasteiger partial charge in [-0.25, -0.2) is 4.98 Å². The molecule has 0 N–H and O–H groups in total. The van der Waals surface area contributed by atoms with Crippen LogP contribution in [-0.2, 0) is 0 Å². The van der Waals surface area contributed by atoms with Crippen LogP contribution in [0.25, 0.3) is 49.7 Å². The minimum Gasteiger partial charge on any atom is -0.453 e. The molecular formula is C45H28BN3O. The Hall–Kier alpha value is -6.59. The maximum atomic E-state index is 6.34. The molecule has 0 radical (unpaired) electrons. The molecule has 7 aromatic carbocycles. The molecular weight excluding hydrogens is 609 g/mol. The van der Waals surface area contributed by atoms with Crippen LogP contribution in [0.5, 0.6) is 11.5 Å². The molecule has 11 rings (SSSR count). The van der Waals surface area contributed by atoms with Crippen molar-refractivity contribution in [1.29, 1.82) is 0 Å². The van der Waals surface area contributed by atoms with Crippen molar-refractivity contribution in [1.82, 2.24) is 9.55 Å². The van der Waals surface area contributed by atoms with Gasteiger partial charge in [0.05, 0.1) is 33.6 Å². The van der Waals surface area contributed by atoms with Gasteiger partial charge < -0.3 is 14.2 Å². The highest BCUT2D eigenvalue weighted by Gasteiger charge is 2.35. The second-order valence-corrected chi connectivity index (χ2v) is 13.2. The Balaban J connectivity index is 1.15. The molecule has 0 spiro atoms. The molecule has 2 aliphatic heterocycles. The minimum atomic E-state index is 0.0958. The van der Waals surface area contributed by atoms with Gasteiger partial charge in [-0.15, -0.1) is 0 Å². The minimum absolute atomic E-state index is 0.0958. The van der Waals surface area contributed by atoms with Crippen molar-refractivity contribution in [2.75, 3.05) is 4.90 Å². The lowest BCUT2D eigenvalue weighted by Gasteiger charge is -2.32. The predicted molar refractivity (Wildman–Crippen MR) is 207 cm³/mol. The Morgan fingerprint density at radius 3 is 2.06 bits per heavy atom. The summed E-state index contributed by atoms with van der Waals surface area (Å²) in [6, 6.07) is 60.7. The number of fused-ring (bicyclic) bond motifs is 9. The highest BCUT2D eigenvalue weighted by molar-refractivity contribution is 6.99. The zero-order valence-electron chi connectivity index (χ0n) is 27.0. The molecule has 0 amide bonds. The van der Waals surface area contributed by atoms with E-state index in [1.165, 1.54) is 43.6 Å². The van der Waals surface area contributed by atoms with Crippen molar-refractivity contribution in [3.05, 3.63) is 170 Å². The molecule has 232 valence electrons. The topological polar surface area (TPSA) is 30.3 Å². The third-order valence-electron chi connectivity index (χ3n) is 10.4. The van der Waals surface area contributed by atoms with Gasteiger partial charge in [0.1, 0.15) is 0 Å². The normalized spacial score (nSPS) is 12.9. The average Bonchev–Trinajstić information content (AvgIpc) is 3.67. The summed E-state index contributed by atoms with van der Waals surface area (Å²) in [7, 11) is 0. The Labute approximate surface area is 289 Å². The van der Waals surface area contributed by atoms with Gasteiger partial charge in [0.25, 0.3) is 0 Å². The molecule has 0 bridgehead atoms. The standard InChI is InChI=1S/C45H28BN3O/c1-2-13-31(14-3-1)48-39-25-22-30(46-36-16-6-5-15-34(36)45-37(46)26-29-12-4-7-17-38(29)47-45)27-35(39)33-24-23-32(28-42(33)48)49-40-18-8-10-20-43(40)50-44-21-11-9-19-41(44)49/h1-28H. The number of hydrogen-bond acceptors (Lipinski definition) is 3. The fourth-order valence-electron chi connectivity index (χ4n) is 8.24. The molecule has 0 unspecified atom stereocenters. The van der Waals surface area contributed by atoms with E-state index in [0.717, 1.165) is 51.0 Å². The monoisotopic (exact) mass is 637 g/mol. The summed E-state index contributed by atoms with van der Waals surface area (Å²) in [6.07, 6.45) is 0. The van der Waals surface area contributed by atoms with Crippen LogP contribution < -0.4 is 26.0 Å². The first-order valence-electron chi connectivity index (χ1n) is 17.1. The van der Waals surface area contributed by atoms with E-state index in [-0.39, 0.29) is 6.71 Å². The predicted octanol–water partition coefficient (Wildman–Crippen LogP) is 9.40. The number of hydrogen-bond donors (Lipinski definition) is 0. The molecule has 5 heteroatoms. The van der Waals surface area contributed by atoms with E-state index < -0.39 is 0 Å². The molecule has 50 heavy (non-hydrogen) atoms. The van der Waals surface area contributed by atoms with Crippen LogP contribution in [0.1, 0.15) is 0 Å². The number of nitrogens with zero attached hydrogens (tertiary/aromatic N) is 3. The van der Waals surface area contributed by atoms with Crippen molar-refractivity contribution in [3.63, 3.8) is 0 Å². The number of aromatic nitrogens is 2. The number of para-hydroxylation sites is 6. The highest BCUT2D eigenvalue weighted by atomic mass is 16.5. The lowest BCUT2D eigenvalue weighted by atomic mass is 9.39. The summed E-state index contributed by atoms with van der Waals surface area (Å²) in [6.45, 7) is 0.0958. The fraction of sp³-hybridized carbons (Fsp3) is 0. The van der Waals surface area contributed by atoms with E-state index in [0.29, 0.717) is 0 Å². The molecule has 9 aromatic rings. The molecule has 0 atom stereocenters. The van der Waals surface area contributed by atoms with Crippen molar-refractivity contribution in [2.24, 2.45) is 0 Å². The van der Waals surface area contributed by atoms with Crippen LogP contribution in [0.4, 0.5) is 17.1 Å². The molecule has 0 aliphatic carbocycles. The number of rotatable bonds is 3. The summed E-state index contributed by atoms with van der Waals surface area (Å²) in [5, 5.41) is 3.62. The van der Waals surface area contributed by atoms with E-state index in [9.17, 15) is 0 Å². The fourth-order valence-corrected chi connectivity index (χ4v) is 8.24. The highest BCUT2D eigenvalue weighted by Crippen LogP contribution is 2.50. The Morgan fingerprint density at radius 2 is 1.22 bits per heavy atom. The van der Waals surface area contributed by atoms with Crippen molar-refractivity contribution in [3.8, 4) is 28.4 Å². The lowest BCUT2D eigenvalue weighted by molar-refractivity contribution is 0.477. The van der Waals surface area contributed by atoms with Crippen LogP contribution >= 0.6 is 0 Å². The van der Waals surface area contributed by atoms with Crippen molar-refractivity contribution >= 4 is 72.9 Å². The Bertz CT molecular complexity index is 2780. The first kappa shape index (κ1) is 27.4. The summed E-state index contributed by atoms with van der Waals surface area (Å²) >= 11 is 0. The smallest absolute Gasteiger partial charge is 0.244 e. The Kier molecular flexibility index (Phi) is 5.72. The van der Waals surface area contributed by atoms with Gasteiger partial charge in [0.15, 0.2) is 11.5 Å². The van der Waals surface area contributed by atoms with Crippen LogP contribution in [0, 0.1) is 0 Å². The summed E-state index contributed by atoms with van der Waals surface area (Å²) in [4.78, 5) is 7.51. The van der Waals surface area contributed by atoms with E-state index in [4.69, 9.17) is 9.72 Å². The zero-order chi connectivity index (χ0) is 32.8. The third-order valence-corrected chi connectivity index (χ3v) is 10.4. The maximum Gasteiger partial charge on any atom is 0.244 e. The van der Waals surface area contributed by atoms with Crippen molar-refractivity contribution < 1.29 is 4.74 Å². The molecule has 0 fully saturated rings. The summed E-state index contributed by atoms with van der Waals surface area (Å²) < 4.78 is 8.75. The number of anilines is 3. The van der Waals surface area contributed by atoms with Crippen LogP contribution in [-0.4, -0.2) is 16.3 Å². The van der Waals surface area contributed by atoms with E-state index in [2.05, 4.69) is 155 Å². The van der Waals surface area contributed by atoms with E-state index in [1.54, 1.807) is 0 Å². The van der Waals surface area contributed by atoms with Crippen LogP contribution in [0.3, 0.4) is 0 Å². The van der Waals surface area contributed by atoms with Crippen molar-refractivity contribution in [2.45, 2.75) is 0 Å². The number of benzene rings is 7. The Morgan fingerprint density at radius 1 is 0.500 bits per heavy atom. The van der Waals surface area contributed by atoms with Gasteiger partial charge in [-0.05, 0) is 77.1 Å². The van der Waals surface area contributed by atoms with Gasteiger partial charge in [0.2, 0.25) is 6.71 Å². The lowest BCUT2D eigenvalue weighted by Crippen LogP contribution is -2.48. The molecule has 0 saturated heterocycles. The second kappa shape index (κ2) is 10.5. The summed E-state index contributed by atoms with van der Waals surface area (Å²) in [5.74, 6) is 1.69. The third kappa shape index (κ3) is 3.92. The zero-order valence-corrected chi connectivity index (χ0v) is 27.0. The van der Waals surface area contributed by atoms with Crippen LogP contribution in [0.2, 0.25) is 0 Å². The maximum absolute atomic E-state index is 6.34. The molecule has 2 aliphatic rings. The molecule has 2 aromatic heterocycles. The number of pyridine rings is 1. The number of ether oxygens (including phenoxy) is 1. The van der Waals surface area contributed by atoms with Gasteiger partial charge in [-0.2, -0.15) is 0 Å². The second-order valence-electron chi connectivity index (χ2n) is 13.2. The molecule has 0 saturated carbocycles. The first-order valence-corrected chi connectivity index (χ1v) is 17.1. The van der Waals surface area contributed by atoms with Gasteiger partial charge in [0, 0.05) is 22.1 Å². The van der Waals surface area contributed by atoms with Gasteiger partial charge in [-0.1, -0.05) is 120 Å². The quantitative estimate of drug-likeness (QED) is 0.181.